The van der Waals surface area contributed by atoms with Gasteiger partial charge in [-0.25, -0.2) is 0 Å². The molecule has 1 aromatic heterocycles. The predicted octanol–water partition coefficient (Wildman–Crippen LogP) is 5.90. The van der Waals surface area contributed by atoms with Crippen LogP contribution in [-0.2, 0) is 10.8 Å². The number of nitrogens with two attached hydrogens (primary N) is 1. The van der Waals surface area contributed by atoms with Crippen LogP contribution in [0.4, 0.5) is 0 Å². The van der Waals surface area contributed by atoms with Crippen LogP contribution in [0.25, 0.3) is 11.3 Å². The van der Waals surface area contributed by atoms with Gasteiger partial charge in [0.2, 0.25) is 11.8 Å². The zero-order valence-corrected chi connectivity index (χ0v) is 20.9. The molecule has 0 saturated heterocycles. The second-order valence-corrected chi connectivity index (χ2v) is 11.1. The van der Waals surface area contributed by atoms with Crippen LogP contribution in [0.2, 0.25) is 0 Å². The van der Waals surface area contributed by atoms with Crippen molar-refractivity contribution in [1.82, 2.24) is 10.2 Å². The number of aromatic nitrogens is 2. The lowest BCUT2D eigenvalue weighted by molar-refractivity contribution is 0.378. The average molecular weight is 457 g/mol. The zero-order valence-electron chi connectivity index (χ0n) is 20.9. The summed E-state index contributed by atoms with van der Waals surface area (Å²) in [6.07, 6.45) is 0. The molecule has 6 nitrogen and oxygen atoms in total. The van der Waals surface area contributed by atoms with Crippen molar-refractivity contribution in [2.75, 3.05) is 0 Å². The number of nitrogens with zero attached hydrogens (tertiary/aromatic N) is 2. The number of fused-ring (bicyclic) bond motifs is 1. The number of phenolic OH excluding ortho intramolecular Hbond substituents is 1. The molecule has 1 aliphatic heterocycles. The molecule has 4 N–H and O–H groups in total. The third-order valence-corrected chi connectivity index (χ3v) is 6.36. The summed E-state index contributed by atoms with van der Waals surface area (Å²) < 4.78 is 5.77. The number of benzene rings is 2. The molecule has 2 heterocycles. The van der Waals surface area contributed by atoms with Gasteiger partial charge in [-0.2, -0.15) is 5.26 Å². The highest BCUT2D eigenvalue weighted by molar-refractivity contribution is 5.71. The maximum Gasteiger partial charge on any atom is 0.244 e. The molecule has 0 spiro atoms. The molecule has 2 aromatic carbocycles. The Morgan fingerprint density at radius 1 is 1.03 bits per heavy atom. The van der Waals surface area contributed by atoms with Crippen molar-refractivity contribution in [2.24, 2.45) is 5.73 Å². The standard InChI is InChI=1S/C28H32N4O2/c1-15-8-10-16(11-9-15)23-22-21(18(14-29)25(30)34-26(22)32-31-23)17-12-19(27(2,3)4)24(33)20(13-17)28(5,6)7/h8-13,21,33H,30H2,1-7H3,(H,31,32)/t21-/m1/s1. The SMILES string of the molecule is Cc1ccc(-c2[nH]nc3c2[C@H](c2cc(C(C)(C)C)c(O)c(C(C)(C)C)c2)C(C#N)=C(N)O3)cc1. The summed E-state index contributed by atoms with van der Waals surface area (Å²) in [5, 5.41) is 28.8. The van der Waals surface area contributed by atoms with E-state index in [4.69, 9.17) is 10.5 Å². The lowest BCUT2D eigenvalue weighted by Crippen LogP contribution is -2.23. The molecule has 0 unspecified atom stereocenters. The zero-order chi connectivity index (χ0) is 25.0. The van der Waals surface area contributed by atoms with Crippen molar-refractivity contribution in [3.05, 3.63) is 75.7 Å². The Kier molecular flexibility index (Phi) is 5.48. The van der Waals surface area contributed by atoms with Gasteiger partial charge in [-0.1, -0.05) is 83.5 Å². The highest BCUT2D eigenvalue weighted by Crippen LogP contribution is 2.49. The first-order valence-electron chi connectivity index (χ1n) is 11.4. The van der Waals surface area contributed by atoms with Gasteiger partial charge in [0.25, 0.3) is 0 Å². The normalized spacial score (nSPS) is 16.1. The summed E-state index contributed by atoms with van der Waals surface area (Å²) in [6, 6.07) is 14.4. The first kappa shape index (κ1) is 23.4. The molecular formula is C28H32N4O2. The van der Waals surface area contributed by atoms with E-state index in [-0.39, 0.29) is 22.5 Å². The van der Waals surface area contributed by atoms with Crippen LogP contribution in [0.3, 0.4) is 0 Å². The van der Waals surface area contributed by atoms with Crippen LogP contribution in [0.5, 0.6) is 11.6 Å². The third-order valence-electron chi connectivity index (χ3n) is 6.36. The Morgan fingerprint density at radius 2 is 1.59 bits per heavy atom. The van der Waals surface area contributed by atoms with Gasteiger partial charge in [0.15, 0.2) is 0 Å². The maximum atomic E-state index is 11.2. The largest absolute Gasteiger partial charge is 0.507 e. The summed E-state index contributed by atoms with van der Waals surface area (Å²) >= 11 is 0. The number of allylic oxidation sites excluding steroid dienone is 1. The number of aryl methyl sites for hydroxylation is 1. The quantitative estimate of drug-likeness (QED) is 0.445. The highest BCUT2D eigenvalue weighted by Gasteiger charge is 2.37. The van der Waals surface area contributed by atoms with Crippen LogP contribution in [0.15, 0.2) is 47.9 Å². The van der Waals surface area contributed by atoms with Crippen molar-refractivity contribution >= 4 is 0 Å². The van der Waals surface area contributed by atoms with Crippen LogP contribution in [0, 0.1) is 18.3 Å². The maximum absolute atomic E-state index is 11.2. The van der Waals surface area contributed by atoms with Crippen LogP contribution >= 0.6 is 0 Å². The number of phenols is 1. The number of ether oxygens (including phenoxy) is 1. The van der Waals surface area contributed by atoms with Crippen molar-refractivity contribution in [3.63, 3.8) is 0 Å². The second-order valence-electron chi connectivity index (χ2n) is 11.1. The molecule has 1 aliphatic rings. The molecule has 34 heavy (non-hydrogen) atoms. The van der Waals surface area contributed by atoms with Gasteiger partial charge in [0.1, 0.15) is 17.4 Å². The van der Waals surface area contributed by atoms with Gasteiger partial charge in [-0.15, -0.1) is 5.10 Å². The van der Waals surface area contributed by atoms with Gasteiger partial charge >= 0.3 is 0 Å². The van der Waals surface area contributed by atoms with E-state index in [0.29, 0.717) is 11.5 Å². The molecule has 3 aromatic rings. The van der Waals surface area contributed by atoms with E-state index >= 15 is 0 Å². The Hall–Kier alpha value is -3.72. The number of aromatic hydroxyl groups is 1. The third kappa shape index (κ3) is 3.92. The van der Waals surface area contributed by atoms with E-state index in [1.165, 1.54) is 0 Å². The summed E-state index contributed by atoms with van der Waals surface area (Å²) in [4.78, 5) is 0. The number of aromatic amines is 1. The Bertz CT molecular complexity index is 1290. The summed E-state index contributed by atoms with van der Waals surface area (Å²) in [5.41, 5.74) is 12.0. The van der Waals surface area contributed by atoms with Crippen molar-refractivity contribution in [3.8, 4) is 29.0 Å². The van der Waals surface area contributed by atoms with E-state index in [1.807, 2.05) is 43.3 Å². The molecule has 1 atom stereocenters. The molecule has 0 saturated carbocycles. The summed E-state index contributed by atoms with van der Waals surface area (Å²) in [5.74, 6) is 0.202. The summed E-state index contributed by atoms with van der Waals surface area (Å²) in [6.45, 7) is 14.4. The van der Waals surface area contributed by atoms with E-state index in [1.54, 1.807) is 0 Å². The number of hydrogen-bond acceptors (Lipinski definition) is 5. The van der Waals surface area contributed by atoms with Crippen LogP contribution in [-0.4, -0.2) is 15.3 Å². The number of nitrogens with one attached hydrogen (secondary N) is 1. The fourth-order valence-electron chi connectivity index (χ4n) is 4.49. The monoisotopic (exact) mass is 456 g/mol. The fourth-order valence-corrected chi connectivity index (χ4v) is 4.49. The lowest BCUT2D eigenvalue weighted by atomic mass is 9.74. The molecule has 0 radical (unpaired) electrons. The Morgan fingerprint density at radius 3 is 2.09 bits per heavy atom. The highest BCUT2D eigenvalue weighted by atomic mass is 16.5. The van der Waals surface area contributed by atoms with Crippen LogP contribution < -0.4 is 10.5 Å². The van der Waals surface area contributed by atoms with Gasteiger partial charge < -0.3 is 15.6 Å². The Labute approximate surface area is 201 Å². The fraction of sp³-hybridized carbons (Fsp3) is 0.357. The second kappa shape index (κ2) is 7.95. The number of H-pyrrole nitrogens is 1. The number of hydrogen-bond donors (Lipinski definition) is 3. The molecule has 6 heteroatoms. The molecule has 0 bridgehead atoms. The van der Waals surface area contributed by atoms with Crippen molar-refractivity contribution in [2.45, 2.75) is 65.2 Å². The van der Waals surface area contributed by atoms with Gasteiger partial charge in [0, 0.05) is 5.56 Å². The van der Waals surface area contributed by atoms with Gasteiger partial charge in [-0.05, 0) is 34.4 Å². The first-order valence-corrected chi connectivity index (χ1v) is 11.4. The van der Waals surface area contributed by atoms with Crippen molar-refractivity contribution < 1.29 is 9.84 Å². The minimum atomic E-state index is -0.494. The molecule has 0 aliphatic carbocycles. The predicted molar refractivity (Wildman–Crippen MR) is 134 cm³/mol. The smallest absolute Gasteiger partial charge is 0.244 e. The van der Waals surface area contributed by atoms with Gasteiger partial charge in [0.05, 0.1) is 17.2 Å². The summed E-state index contributed by atoms with van der Waals surface area (Å²) in [7, 11) is 0. The van der Waals surface area contributed by atoms with E-state index in [2.05, 4.69) is 57.8 Å². The lowest BCUT2D eigenvalue weighted by Gasteiger charge is -2.31. The first-order chi connectivity index (χ1) is 15.8. The molecule has 176 valence electrons. The minimum absolute atomic E-state index is 0.0460. The molecule has 4 rings (SSSR count). The molecular weight excluding hydrogens is 424 g/mol. The van der Waals surface area contributed by atoms with E-state index < -0.39 is 5.92 Å². The van der Waals surface area contributed by atoms with Gasteiger partial charge in [-0.3, -0.25) is 5.10 Å². The topological polar surface area (TPSA) is 108 Å². The Balaban J connectivity index is 2.04. The van der Waals surface area contributed by atoms with E-state index in [9.17, 15) is 10.4 Å². The van der Waals surface area contributed by atoms with Crippen molar-refractivity contribution in [1.29, 1.82) is 5.26 Å². The minimum Gasteiger partial charge on any atom is -0.507 e. The molecule has 0 fully saturated rings. The van der Waals surface area contributed by atoms with Crippen LogP contribution in [0.1, 0.15) is 75.3 Å². The number of rotatable bonds is 2. The van der Waals surface area contributed by atoms with E-state index in [0.717, 1.165) is 39.1 Å². The molecule has 0 amide bonds. The number of nitriles is 1. The average Bonchev–Trinajstić information content (AvgIpc) is 3.15.